The van der Waals surface area contributed by atoms with Gasteiger partial charge in [0.2, 0.25) is 11.8 Å². The summed E-state index contributed by atoms with van der Waals surface area (Å²) in [6, 6.07) is 21.0. The van der Waals surface area contributed by atoms with Crippen LogP contribution in [-0.2, 0) is 27.2 Å². The molecule has 7 nitrogen and oxygen atoms in total. The number of halogens is 1. The number of carbonyl (C=O) groups excluding carboxylic acids is 3. The van der Waals surface area contributed by atoms with Crippen molar-refractivity contribution in [1.29, 1.82) is 0 Å². The Bertz CT molecular complexity index is 1460. The summed E-state index contributed by atoms with van der Waals surface area (Å²) in [5.74, 6) is -0.291. The van der Waals surface area contributed by atoms with E-state index in [1.54, 1.807) is 53.4 Å². The predicted octanol–water partition coefficient (Wildman–Crippen LogP) is 5.17. The first kappa shape index (κ1) is 25.5. The van der Waals surface area contributed by atoms with E-state index in [9.17, 15) is 14.4 Å². The van der Waals surface area contributed by atoms with Gasteiger partial charge in [0.15, 0.2) is 0 Å². The molecule has 1 atom stereocenters. The number of H-pyrrole nitrogens is 1. The quantitative estimate of drug-likeness (QED) is 0.303. The van der Waals surface area contributed by atoms with Crippen LogP contribution in [0.15, 0.2) is 79.0 Å². The van der Waals surface area contributed by atoms with E-state index in [1.165, 1.54) is 4.90 Å². The molecule has 1 unspecified atom stereocenters. The second-order valence-corrected chi connectivity index (χ2v) is 9.65. The van der Waals surface area contributed by atoms with Crippen LogP contribution in [0.5, 0.6) is 5.75 Å². The largest absolute Gasteiger partial charge is 0.494 e. The second-order valence-electron chi connectivity index (χ2n) is 9.21. The van der Waals surface area contributed by atoms with Crippen LogP contribution in [-0.4, -0.2) is 46.8 Å². The first-order valence-corrected chi connectivity index (χ1v) is 13.0. The summed E-state index contributed by atoms with van der Waals surface area (Å²) < 4.78 is 5.48. The zero-order chi connectivity index (χ0) is 26.6. The fraction of sp³-hybridized carbons (Fsp3) is 0.233. The van der Waals surface area contributed by atoms with E-state index in [1.807, 2.05) is 37.4 Å². The third kappa shape index (κ3) is 5.29. The average Bonchev–Trinajstić information content (AvgIpc) is 3.46. The number of aromatic amines is 1. The van der Waals surface area contributed by atoms with Crippen molar-refractivity contribution in [2.45, 2.75) is 32.2 Å². The number of hydrogen-bond donors (Lipinski definition) is 1. The minimum atomic E-state index is -0.876. The Morgan fingerprint density at radius 1 is 1.05 bits per heavy atom. The van der Waals surface area contributed by atoms with Crippen LogP contribution in [0.1, 0.15) is 24.5 Å². The van der Waals surface area contributed by atoms with E-state index in [-0.39, 0.29) is 24.7 Å². The number of anilines is 1. The molecule has 3 aromatic carbocycles. The number of nitrogens with one attached hydrogen (secondary N) is 1. The van der Waals surface area contributed by atoms with Crippen LogP contribution in [0.2, 0.25) is 5.02 Å². The Hall–Kier alpha value is -4.10. The Morgan fingerprint density at radius 3 is 2.53 bits per heavy atom. The molecule has 194 valence electrons. The highest BCUT2D eigenvalue weighted by Crippen LogP contribution is 2.29. The van der Waals surface area contributed by atoms with E-state index in [0.717, 1.165) is 22.0 Å². The number of rotatable bonds is 9. The maximum Gasteiger partial charge on any atom is 0.257 e. The molecule has 8 heteroatoms. The van der Waals surface area contributed by atoms with Crippen LogP contribution in [0.4, 0.5) is 5.69 Å². The van der Waals surface area contributed by atoms with Crippen molar-refractivity contribution in [2.24, 2.45) is 0 Å². The Morgan fingerprint density at radius 2 is 1.79 bits per heavy atom. The first-order valence-electron chi connectivity index (χ1n) is 12.6. The summed E-state index contributed by atoms with van der Waals surface area (Å²) in [5, 5.41) is 1.65. The van der Waals surface area contributed by atoms with Gasteiger partial charge in [-0.25, -0.2) is 4.90 Å². The topological polar surface area (TPSA) is 82.7 Å². The van der Waals surface area contributed by atoms with E-state index in [0.29, 0.717) is 36.0 Å². The maximum atomic E-state index is 13.6. The first-order chi connectivity index (χ1) is 18.4. The molecule has 0 aliphatic carbocycles. The van der Waals surface area contributed by atoms with E-state index in [2.05, 4.69) is 4.98 Å². The van der Waals surface area contributed by atoms with Crippen molar-refractivity contribution in [3.8, 4) is 5.75 Å². The van der Waals surface area contributed by atoms with Gasteiger partial charge in [-0.2, -0.15) is 0 Å². The molecule has 1 aliphatic rings. The summed E-state index contributed by atoms with van der Waals surface area (Å²) in [4.78, 5) is 46.3. The third-order valence-electron chi connectivity index (χ3n) is 6.79. The lowest BCUT2D eigenvalue weighted by Crippen LogP contribution is -2.47. The highest BCUT2D eigenvalue weighted by molar-refractivity contribution is 6.30. The highest BCUT2D eigenvalue weighted by Gasteiger charge is 2.44. The Balaban J connectivity index is 1.40. The summed E-state index contributed by atoms with van der Waals surface area (Å²) >= 11 is 6.01. The second kappa shape index (κ2) is 11.1. The number of benzene rings is 3. The molecule has 0 radical (unpaired) electrons. The molecule has 5 rings (SSSR count). The number of fused-ring (bicyclic) bond motifs is 1. The molecule has 1 aromatic heterocycles. The lowest BCUT2D eigenvalue weighted by atomic mass is 10.1. The van der Waals surface area contributed by atoms with E-state index in [4.69, 9.17) is 16.3 Å². The molecule has 3 amide bonds. The maximum absolute atomic E-state index is 13.6. The van der Waals surface area contributed by atoms with Gasteiger partial charge in [-0.1, -0.05) is 41.9 Å². The summed E-state index contributed by atoms with van der Waals surface area (Å²) in [7, 11) is 0. The van der Waals surface area contributed by atoms with Gasteiger partial charge in [0.25, 0.3) is 5.91 Å². The zero-order valence-electron chi connectivity index (χ0n) is 21.0. The summed E-state index contributed by atoms with van der Waals surface area (Å²) in [6.07, 6.45) is 2.51. The molecule has 4 aromatic rings. The lowest BCUT2D eigenvalue weighted by molar-refractivity contribution is -0.137. The molecule has 38 heavy (non-hydrogen) atoms. The number of ether oxygens (including phenoxy) is 1. The summed E-state index contributed by atoms with van der Waals surface area (Å²) in [5.41, 5.74) is 3.31. The normalized spacial score (nSPS) is 15.3. The Labute approximate surface area is 226 Å². The molecule has 0 saturated carbocycles. The minimum absolute atomic E-state index is 0.0632. The van der Waals surface area contributed by atoms with Crippen molar-refractivity contribution in [2.75, 3.05) is 18.1 Å². The van der Waals surface area contributed by atoms with Crippen molar-refractivity contribution in [3.05, 3.63) is 95.1 Å². The molecule has 1 N–H and O–H groups in total. The van der Waals surface area contributed by atoms with Gasteiger partial charge in [-0.05, 0) is 66.9 Å². The van der Waals surface area contributed by atoms with Gasteiger partial charge in [0.1, 0.15) is 11.8 Å². The van der Waals surface area contributed by atoms with Crippen LogP contribution >= 0.6 is 11.6 Å². The van der Waals surface area contributed by atoms with Crippen molar-refractivity contribution < 1.29 is 19.1 Å². The monoisotopic (exact) mass is 529 g/mol. The van der Waals surface area contributed by atoms with Crippen molar-refractivity contribution in [3.63, 3.8) is 0 Å². The zero-order valence-corrected chi connectivity index (χ0v) is 21.8. The third-order valence-corrected chi connectivity index (χ3v) is 7.04. The molecule has 1 fully saturated rings. The molecular weight excluding hydrogens is 502 g/mol. The van der Waals surface area contributed by atoms with Crippen LogP contribution in [0, 0.1) is 0 Å². The van der Waals surface area contributed by atoms with Gasteiger partial charge in [0.05, 0.1) is 25.1 Å². The highest BCUT2D eigenvalue weighted by atomic mass is 35.5. The smallest absolute Gasteiger partial charge is 0.257 e. The fourth-order valence-electron chi connectivity index (χ4n) is 4.90. The number of carbonyl (C=O) groups is 3. The molecule has 0 spiro atoms. The predicted molar refractivity (Wildman–Crippen MR) is 147 cm³/mol. The number of amides is 3. The van der Waals surface area contributed by atoms with Crippen molar-refractivity contribution in [1.82, 2.24) is 9.88 Å². The SMILES string of the molecule is CCOc1ccc(N2C(=O)CC(N(CCc3c[nH]c4ccccc34)C(=O)Cc3ccc(Cl)cc3)C2=O)cc1. The molecular formula is C30H28ClN3O4. The van der Waals surface area contributed by atoms with Gasteiger partial charge in [-0.15, -0.1) is 0 Å². The van der Waals surface area contributed by atoms with E-state index >= 15 is 0 Å². The van der Waals surface area contributed by atoms with Crippen LogP contribution in [0.25, 0.3) is 10.9 Å². The number of imide groups is 1. The van der Waals surface area contributed by atoms with Gasteiger partial charge >= 0.3 is 0 Å². The number of hydrogen-bond acceptors (Lipinski definition) is 4. The van der Waals surface area contributed by atoms with Crippen LogP contribution < -0.4 is 9.64 Å². The Kier molecular flexibility index (Phi) is 7.47. The summed E-state index contributed by atoms with van der Waals surface area (Å²) in [6.45, 7) is 2.71. The fourth-order valence-corrected chi connectivity index (χ4v) is 5.03. The molecule has 1 aliphatic heterocycles. The van der Waals surface area contributed by atoms with E-state index < -0.39 is 11.9 Å². The molecule has 2 heterocycles. The molecule has 0 bridgehead atoms. The number of para-hydroxylation sites is 1. The van der Waals surface area contributed by atoms with Crippen molar-refractivity contribution >= 4 is 45.9 Å². The van der Waals surface area contributed by atoms with Gasteiger partial charge in [-0.3, -0.25) is 14.4 Å². The lowest BCUT2D eigenvalue weighted by Gasteiger charge is -2.28. The molecule has 1 saturated heterocycles. The minimum Gasteiger partial charge on any atom is -0.494 e. The van der Waals surface area contributed by atoms with Gasteiger partial charge in [0, 0.05) is 28.7 Å². The van der Waals surface area contributed by atoms with Crippen LogP contribution in [0.3, 0.4) is 0 Å². The average molecular weight is 530 g/mol. The number of aromatic nitrogens is 1. The van der Waals surface area contributed by atoms with Gasteiger partial charge < -0.3 is 14.6 Å². The standard InChI is InChI=1S/C30H28ClN3O4/c1-2-38-24-13-11-23(12-14-24)34-29(36)18-27(30(34)37)33(28(35)17-20-7-9-22(31)10-8-20)16-15-21-19-32-26-6-4-3-5-25(21)26/h3-14,19,27,32H,2,15-18H2,1H3. The number of nitrogens with zero attached hydrogens (tertiary/aromatic N) is 2.